The van der Waals surface area contributed by atoms with E-state index in [-0.39, 0.29) is 11.9 Å². The van der Waals surface area contributed by atoms with Gasteiger partial charge in [-0.3, -0.25) is 9.79 Å². The van der Waals surface area contributed by atoms with Crippen LogP contribution in [0.4, 0.5) is 0 Å². The van der Waals surface area contributed by atoms with Crippen LogP contribution in [0, 0.1) is 0 Å². The Balaban J connectivity index is 2.42. The Labute approximate surface area is 112 Å². The Bertz CT molecular complexity index is 370. The van der Waals surface area contributed by atoms with E-state index >= 15 is 0 Å². The summed E-state index contributed by atoms with van der Waals surface area (Å²) in [4.78, 5) is 17.2. The molecular formula is C10H20BN5O3. The first-order chi connectivity index (χ1) is 8.93. The topological polar surface area (TPSA) is 151 Å². The van der Waals surface area contributed by atoms with Crippen molar-refractivity contribution in [3.8, 4) is 0 Å². The Morgan fingerprint density at radius 3 is 2.79 bits per heavy atom. The first kappa shape index (κ1) is 15.5. The molecule has 0 aromatic heterocycles. The van der Waals surface area contributed by atoms with E-state index in [1.165, 1.54) is 4.90 Å². The molecule has 19 heavy (non-hydrogen) atoms. The molecule has 106 valence electrons. The normalized spacial score (nSPS) is 19.3. The van der Waals surface area contributed by atoms with Gasteiger partial charge in [-0.2, -0.15) is 0 Å². The fourth-order valence-electron chi connectivity index (χ4n) is 1.89. The van der Waals surface area contributed by atoms with Crippen molar-refractivity contribution in [1.29, 1.82) is 0 Å². The van der Waals surface area contributed by atoms with E-state index < -0.39 is 19.1 Å². The van der Waals surface area contributed by atoms with Gasteiger partial charge in [0.05, 0.1) is 12.0 Å². The predicted molar refractivity (Wildman–Crippen MR) is 72.7 cm³/mol. The third-order valence-corrected chi connectivity index (χ3v) is 2.87. The van der Waals surface area contributed by atoms with E-state index in [0.717, 1.165) is 0 Å². The van der Waals surface area contributed by atoms with Gasteiger partial charge in [0.15, 0.2) is 5.96 Å². The highest BCUT2D eigenvalue weighted by molar-refractivity contribution is 6.44. The van der Waals surface area contributed by atoms with Crippen LogP contribution in [0.15, 0.2) is 17.1 Å². The molecule has 0 spiro atoms. The average Bonchev–Trinajstić information content (AvgIpc) is 2.82. The third kappa shape index (κ3) is 4.54. The van der Waals surface area contributed by atoms with E-state index in [1.54, 1.807) is 12.2 Å². The SMILES string of the molecule is NC(N)=NCCCC(N)C(=O)N1CC=CC1B(O)O. The van der Waals surface area contributed by atoms with Gasteiger partial charge in [-0.05, 0) is 12.8 Å². The summed E-state index contributed by atoms with van der Waals surface area (Å²) in [5.74, 6) is -1.03. The number of carbonyl (C=O) groups is 1. The zero-order chi connectivity index (χ0) is 14.4. The van der Waals surface area contributed by atoms with Crippen LogP contribution in [-0.2, 0) is 4.79 Å². The minimum Gasteiger partial charge on any atom is -0.426 e. The van der Waals surface area contributed by atoms with Gasteiger partial charge in [-0.1, -0.05) is 12.2 Å². The number of hydrogen-bond donors (Lipinski definition) is 5. The molecule has 0 aromatic rings. The zero-order valence-electron chi connectivity index (χ0n) is 10.6. The maximum Gasteiger partial charge on any atom is 0.479 e. The van der Waals surface area contributed by atoms with Gasteiger partial charge < -0.3 is 32.1 Å². The minimum atomic E-state index is -1.60. The number of carbonyl (C=O) groups excluding carboxylic acids is 1. The van der Waals surface area contributed by atoms with Crippen molar-refractivity contribution in [1.82, 2.24) is 4.90 Å². The number of aliphatic imine (C=N–C) groups is 1. The number of guanidine groups is 1. The molecule has 1 aliphatic rings. The Morgan fingerprint density at radius 2 is 2.21 bits per heavy atom. The van der Waals surface area contributed by atoms with Crippen molar-refractivity contribution in [2.75, 3.05) is 13.1 Å². The van der Waals surface area contributed by atoms with Crippen molar-refractivity contribution in [2.45, 2.75) is 24.8 Å². The highest BCUT2D eigenvalue weighted by atomic mass is 16.4. The van der Waals surface area contributed by atoms with Gasteiger partial charge in [0.1, 0.15) is 0 Å². The summed E-state index contributed by atoms with van der Waals surface area (Å²) in [5, 5.41) is 18.3. The summed E-state index contributed by atoms with van der Waals surface area (Å²) < 4.78 is 0. The Hall–Kier alpha value is -1.58. The molecule has 2 unspecified atom stereocenters. The summed E-state index contributed by atoms with van der Waals surface area (Å²) >= 11 is 0. The van der Waals surface area contributed by atoms with Crippen LogP contribution in [0.2, 0.25) is 0 Å². The molecule has 0 aliphatic carbocycles. The smallest absolute Gasteiger partial charge is 0.426 e. The second-order valence-corrected chi connectivity index (χ2v) is 4.38. The second-order valence-electron chi connectivity index (χ2n) is 4.38. The lowest BCUT2D eigenvalue weighted by molar-refractivity contribution is -0.132. The fourth-order valence-corrected chi connectivity index (χ4v) is 1.89. The van der Waals surface area contributed by atoms with Crippen LogP contribution in [0.3, 0.4) is 0 Å². The molecule has 0 saturated carbocycles. The van der Waals surface area contributed by atoms with Crippen LogP contribution >= 0.6 is 0 Å². The predicted octanol–water partition coefficient (Wildman–Crippen LogP) is -2.85. The van der Waals surface area contributed by atoms with Crippen molar-refractivity contribution in [3.05, 3.63) is 12.2 Å². The highest BCUT2D eigenvalue weighted by Gasteiger charge is 2.35. The first-order valence-electron chi connectivity index (χ1n) is 6.07. The van der Waals surface area contributed by atoms with Gasteiger partial charge in [-0.25, -0.2) is 0 Å². The highest BCUT2D eigenvalue weighted by Crippen LogP contribution is 2.13. The molecule has 0 radical (unpaired) electrons. The second kappa shape index (κ2) is 7.12. The van der Waals surface area contributed by atoms with Gasteiger partial charge in [0.25, 0.3) is 0 Å². The molecule has 0 fully saturated rings. The third-order valence-electron chi connectivity index (χ3n) is 2.87. The van der Waals surface area contributed by atoms with Gasteiger partial charge in [-0.15, -0.1) is 0 Å². The van der Waals surface area contributed by atoms with E-state index in [1.807, 2.05) is 0 Å². The van der Waals surface area contributed by atoms with Crippen molar-refractivity contribution < 1.29 is 14.8 Å². The number of amides is 1. The zero-order valence-corrected chi connectivity index (χ0v) is 10.6. The Morgan fingerprint density at radius 1 is 1.53 bits per heavy atom. The molecule has 1 amide bonds. The van der Waals surface area contributed by atoms with E-state index in [2.05, 4.69) is 4.99 Å². The molecule has 1 rings (SSSR count). The summed E-state index contributed by atoms with van der Waals surface area (Å²) in [5.41, 5.74) is 16.1. The number of rotatable bonds is 6. The summed E-state index contributed by atoms with van der Waals surface area (Å²) in [6.07, 6.45) is 4.29. The molecular weight excluding hydrogens is 249 g/mol. The lowest BCUT2D eigenvalue weighted by Gasteiger charge is -2.26. The average molecular weight is 269 g/mol. The molecule has 9 heteroatoms. The molecule has 1 aliphatic heterocycles. The van der Waals surface area contributed by atoms with Gasteiger partial charge >= 0.3 is 7.12 Å². The van der Waals surface area contributed by atoms with Crippen molar-refractivity contribution >= 4 is 19.0 Å². The largest absolute Gasteiger partial charge is 0.479 e. The van der Waals surface area contributed by atoms with Crippen LogP contribution in [0.5, 0.6) is 0 Å². The molecule has 2 atom stereocenters. The number of nitrogens with zero attached hydrogens (tertiary/aromatic N) is 2. The molecule has 8 nitrogen and oxygen atoms in total. The quantitative estimate of drug-likeness (QED) is 0.115. The van der Waals surface area contributed by atoms with Crippen molar-refractivity contribution in [3.63, 3.8) is 0 Å². The van der Waals surface area contributed by atoms with Crippen LogP contribution in [0.1, 0.15) is 12.8 Å². The maximum absolute atomic E-state index is 12.0. The van der Waals surface area contributed by atoms with E-state index in [0.29, 0.717) is 25.9 Å². The fraction of sp³-hybridized carbons (Fsp3) is 0.600. The molecule has 1 heterocycles. The number of hydrogen-bond acceptors (Lipinski definition) is 5. The van der Waals surface area contributed by atoms with Gasteiger partial charge in [0, 0.05) is 13.1 Å². The maximum atomic E-state index is 12.0. The molecule has 0 bridgehead atoms. The van der Waals surface area contributed by atoms with Crippen LogP contribution in [-0.4, -0.2) is 59.0 Å². The Kier molecular flexibility index (Phi) is 5.80. The van der Waals surface area contributed by atoms with Crippen LogP contribution in [0.25, 0.3) is 0 Å². The molecule has 0 aromatic carbocycles. The van der Waals surface area contributed by atoms with E-state index in [9.17, 15) is 4.79 Å². The molecule has 0 saturated heterocycles. The summed E-state index contributed by atoms with van der Waals surface area (Å²) in [6, 6.07) is -0.699. The van der Waals surface area contributed by atoms with Gasteiger partial charge in [0.2, 0.25) is 5.91 Å². The standard InChI is InChI=1S/C10H20BN5O3/c12-7(3-1-5-15-10(13)14)9(17)16-6-2-4-8(16)11(18)19/h2,4,7-8,18-19H,1,3,5-6,12H2,(H4,13,14,15). The monoisotopic (exact) mass is 269 g/mol. The van der Waals surface area contributed by atoms with E-state index in [4.69, 9.17) is 27.2 Å². The van der Waals surface area contributed by atoms with Crippen molar-refractivity contribution in [2.24, 2.45) is 22.2 Å². The molecule has 8 N–H and O–H groups in total. The van der Waals surface area contributed by atoms with Crippen LogP contribution < -0.4 is 17.2 Å². The first-order valence-corrected chi connectivity index (χ1v) is 6.07. The summed E-state index contributed by atoms with van der Waals surface area (Å²) in [7, 11) is -1.60. The number of nitrogens with two attached hydrogens (primary N) is 3. The lowest BCUT2D eigenvalue weighted by atomic mass is 9.79. The minimum absolute atomic E-state index is 0.00658. The lowest BCUT2D eigenvalue weighted by Crippen LogP contribution is -2.51. The summed E-state index contributed by atoms with van der Waals surface area (Å²) in [6.45, 7) is 0.746.